The van der Waals surface area contributed by atoms with E-state index in [2.05, 4.69) is 73.7 Å². The smallest absolute Gasteiger partial charge is 0.240 e. The molecule has 0 bridgehead atoms. The number of rotatable bonds is 10. The van der Waals surface area contributed by atoms with Gasteiger partial charge < -0.3 is 4.90 Å². The van der Waals surface area contributed by atoms with Crippen molar-refractivity contribution in [1.29, 1.82) is 0 Å². The number of nitrogens with zero attached hydrogens (tertiary/aromatic N) is 1. The van der Waals surface area contributed by atoms with Crippen LogP contribution in [0, 0.1) is 0 Å². The molecule has 4 nitrogen and oxygen atoms in total. The van der Waals surface area contributed by atoms with E-state index in [1.165, 1.54) is 33.4 Å². The first-order valence-corrected chi connectivity index (χ1v) is 15.0. The van der Waals surface area contributed by atoms with Crippen molar-refractivity contribution in [3.05, 3.63) is 99.6 Å². The van der Waals surface area contributed by atoms with Gasteiger partial charge in [0.1, 0.15) is 0 Å². The summed E-state index contributed by atoms with van der Waals surface area (Å²) < 4.78 is 28.9. The van der Waals surface area contributed by atoms with Crippen LogP contribution in [-0.2, 0) is 35.8 Å². The number of nitrogens with one attached hydrogen (secondary N) is 1. The third-order valence-electron chi connectivity index (χ3n) is 7.51. The van der Waals surface area contributed by atoms with Crippen molar-refractivity contribution in [2.24, 2.45) is 0 Å². The highest BCUT2D eigenvalue weighted by Crippen LogP contribution is 2.38. The second kappa shape index (κ2) is 11.5. The molecule has 0 unspecified atom stereocenters. The minimum atomic E-state index is -3.56. The number of benzene rings is 3. The maximum atomic E-state index is 13.0. The zero-order valence-corrected chi connectivity index (χ0v) is 24.0. The van der Waals surface area contributed by atoms with E-state index in [0.717, 1.165) is 24.9 Å². The van der Waals surface area contributed by atoms with Crippen molar-refractivity contribution < 1.29 is 8.42 Å². The summed E-state index contributed by atoms with van der Waals surface area (Å²) in [5.74, 6) is 1.25. The van der Waals surface area contributed by atoms with Crippen LogP contribution in [0.2, 0.25) is 0 Å². The average Bonchev–Trinajstić information content (AvgIpc) is 3.28. The molecule has 198 valence electrons. The molecule has 0 spiro atoms. The summed E-state index contributed by atoms with van der Waals surface area (Å²) >= 11 is 0. The van der Waals surface area contributed by atoms with Gasteiger partial charge in [-0.1, -0.05) is 76.2 Å². The van der Waals surface area contributed by atoms with Crippen LogP contribution in [0.15, 0.2) is 65.6 Å². The topological polar surface area (TPSA) is 49.4 Å². The molecule has 0 aromatic heterocycles. The number of hydrogen-bond donors (Lipinski definition) is 1. The summed E-state index contributed by atoms with van der Waals surface area (Å²) in [7, 11) is 0.447. The Balaban J connectivity index is 1.53. The normalized spacial score (nSPS) is 14.2. The third kappa shape index (κ3) is 6.51. The molecule has 0 radical (unpaired) electrons. The van der Waals surface area contributed by atoms with E-state index in [4.69, 9.17) is 0 Å². The molecule has 37 heavy (non-hydrogen) atoms. The Bertz CT molecular complexity index is 1270. The maximum Gasteiger partial charge on any atom is 0.240 e. The fourth-order valence-electron chi connectivity index (χ4n) is 5.62. The molecule has 1 aliphatic carbocycles. The van der Waals surface area contributed by atoms with Gasteiger partial charge in [-0.3, -0.25) is 0 Å². The third-order valence-corrected chi connectivity index (χ3v) is 8.98. The van der Waals surface area contributed by atoms with E-state index in [1.54, 1.807) is 12.1 Å². The van der Waals surface area contributed by atoms with Crippen LogP contribution in [0.1, 0.15) is 84.4 Å². The number of hydrogen-bond acceptors (Lipinski definition) is 3. The van der Waals surface area contributed by atoms with E-state index < -0.39 is 10.0 Å². The van der Waals surface area contributed by atoms with E-state index in [0.29, 0.717) is 35.6 Å². The van der Waals surface area contributed by atoms with Gasteiger partial charge in [0.25, 0.3) is 0 Å². The predicted octanol–water partition coefficient (Wildman–Crippen LogP) is 6.40. The Morgan fingerprint density at radius 1 is 0.865 bits per heavy atom. The van der Waals surface area contributed by atoms with Gasteiger partial charge >= 0.3 is 0 Å². The average molecular weight is 519 g/mol. The summed E-state index contributed by atoms with van der Waals surface area (Å²) in [6.45, 7) is 10.2. The molecular weight excluding hydrogens is 476 g/mol. The van der Waals surface area contributed by atoms with Gasteiger partial charge in [-0.25, -0.2) is 13.1 Å². The van der Waals surface area contributed by atoms with Crippen LogP contribution in [0.4, 0.5) is 0 Å². The molecular formula is C32H42N2O2S. The van der Waals surface area contributed by atoms with Crippen molar-refractivity contribution in [3.8, 4) is 0 Å². The van der Waals surface area contributed by atoms with Crippen LogP contribution in [0.5, 0.6) is 0 Å². The van der Waals surface area contributed by atoms with E-state index in [9.17, 15) is 8.42 Å². The van der Waals surface area contributed by atoms with Crippen LogP contribution >= 0.6 is 0 Å². The molecule has 4 rings (SSSR count). The molecule has 0 saturated heterocycles. The molecule has 3 aromatic rings. The summed E-state index contributed by atoms with van der Waals surface area (Å²) in [5, 5.41) is 0. The highest BCUT2D eigenvalue weighted by Gasteiger charge is 2.25. The fourth-order valence-corrected chi connectivity index (χ4v) is 6.66. The zero-order chi connectivity index (χ0) is 26.7. The number of sulfonamides is 1. The molecule has 0 heterocycles. The molecule has 0 aliphatic heterocycles. The standard InChI is InChI=1S/C32H42N2O2S/c1-22(2)31-19-28(27-17-25-9-7-8-10-26(25)18-27)20-32(23(3)4)30(31)15-16-33-37(35,36)29-13-11-24(12-14-29)21-34(5)6/h7-14,19-20,22-23,27,33H,15-18,21H2,1-6H3. The highest BCUT2D eigenvalue weighted by molar-refractivity contribution is 7.89. The Labute approximate surface area is 224 Å². The Hall–Kier alpha value is -2.47. The van der Waals surface area contributed by atoms with Gasteiger partial charge in [-0.05, 0) is 102 Å². The monoisotopic (exact) mass is 518 g/mol. The van der Waals surface area contributed by atoms with Crippen LogP contribution in [0.25, 0.3) is 0 Å². The van der Waals surface area contributed by atoms with Gasteiger partial charge in [0.05, 0.1) is 4.90 Å². The van der Waals surface area contributed by atoms with Crippen molar-refractivity contribution in [1.82, 2.24) is 9.62 Å². The zero-order valence-electron chi connectivity index (χ0n) is 23.2. The second-order valence-electron chi connectivity index (χ2n) is 11.4. The van der Waals surface area contributed by atoms with Crippen molar-refractivity contribution >= 4 is 10.0 Å². The van der Waals surface area contributed by atoms with Crippen LogP contribution < -0.4 is 4.72 Å². The van der Waals surface area contributed by atoms with Gasteiger partial charge in [0.15, 0.2) is 0 Å². The lowest BCUT2D eigenvalue weighted by molar-refractivity contribution is 0.402. The van der Waals surface area contributed by atoms with Crippen LogP contribution in [-0.4, -0.2) is 34.0 Å². The summed E-state index contributed by atoms with van der Waals surface area (Å²) in [6.07, 6.45) is 2.87. The highest BCUT2D eigenvalue weighted by atomic mass is 32.2. The lowest BCUT2D eigenvalue weighted by Gasteiger charge is -2.24. The number of fused-ring (bicyclic) bond motifs is 1. The molecule has 0 fully saturated rings. The summed E-state index contributed by atoms with van der Waals surface area (Å²) in [4.78, 5) is 2.39. The van der Waals surface area contributed by atoms with Crippen LogP contribution in [0.3, 0.4) is 0 Å². The minimum Gasteiger partial charge on any atom is -0.305 e. The van der Waals surface area contributed by atoms with Gasteiger partial charge in [0, 0.05) is 13.1 Å². The van der Waals surface area contributed by atoms with Crippen molar-refractivity contribution in [2.75, 3.05) is 20.6 Å². The SMILES string of the molecule is CC(C)c1cc(C2Cc3ccccc3C2)cc(C(C)C)c1CCNS(=O)(=O)c1ccc(CN(C)C)cc1. The quantitative estimate of drug-likeness (QED) is 0.338. The van der Waals surface area contributed by atoms with Crippen molar-refractivity contribution in [2.45, 2.75) is 76.2 Å². The first-order valence-electron chi connectivity index (χ1n) is 13.5. The van der Waals surface area contributed by atoms with Gasteiger partial charge in [-0.15, -0.1) is 0 Å². The maximum absolute atomic E-state index is 13.0. The summed E-state index contributed by atoms with van der Waals surface area (Å²) in [5.41, 5.74) is 9.46. The molecule has 0 atom stereocenters. The molecule has 0 saturated carbocycles. The molecule has 3 aromatic carbocycles. The molecule has 5 heteroatoms. The Morgan fingerprint density at radius 2 is 1.41 bits per heavy atom. The second-order valence-corrected chi connectivity index (χ2v) is 13.2. The summed E-state index contributed by atoms with van der Waals surface area (Å²) in [6, 6.07) is 20.8. The first kappa shape index (κ1) is 27.6. The van der Waals surface area contributed by atoms with E-state index >= 15 is 0 Å². The van der Waals surface area contributed by atoms with E-state index in [-0.39, 0.29) is 0 Å². The van der Waals surface area contributed by atoms with Gasteiger partial charge in [-0.2, -0.15) is 0 Å². The lowest BCUT2D eigenvalue weighted by Crippen LogP contribution is -2.27. The van der Waals surface area contributed by atoms with E-state index in [1.807, 2.05) is 26.2 Å². The minimum absolute atomic E-state index is 0.319. The fraction of sp³-hybridized carbons (Fsp3) is 0.438. The first-order chi connectivity index (χ1) is 17.5. The molecule has 1 N–H and O–H groups in total. The van der Waals surface area contributed by atoms with Crippen molar-refractivity contribution in [3.63, 3.8) is 0 Å². The Morgan fingerprint density at radius 3 is 1.89 bits per heavy atom. The largest absolute Gasteiger partial charge is 0.305 e. The molecule has 0 amide bonds. The van der Waals surface area contributed by atoms with Gasteiger partial charge in [0.2, 0.25) is 10.0 Å². The lowest BCUT2D eigenvalue weighted by atomic mass is 9.82. The Kier molecular flexibility index (Phi) is 8.57. The molecule has 1 aliphatic rings. The predicted molar refractivity (Wildman–Crippen MR) is 154 cm³/mol.